The molecule has 0 heterocycles. The number of hydrogen-bond acceptors (Lipinski definition) is 2. The summed E-state index contributed by atoms with van der Waals surface area (Å²) in [6.45, 7) is 5.20. The maximum Gasteiger partial charge on any atom is 0.127 e. The highest BCUT2D eigenvalue weighted by atomic mass is 16.5. The van der Waals surface area contributed by atoms with E-state index in [1.54, 1.807) is 6.07 Å². The van der Waals surface area contributed by atoms with Gasteiger partial charge in [-0.3, -0.25) is 0 Å². The monoisotopic (exact) mass is 272 g/mol. The zero-order chi connectivity index (χ0) is 14.4. The fourth-order valence-corrected chi connectivity index (χ4v) is 2.49. The van der Waals surface area contributed by atoms with Crippen LogP contribution in [0, 0.1) is 5.92 Å². The van der Waals surface area contributed by atoms with Crippen LogP contribution >= 0.6 is 0 Å². The Morgan fingerprint density at radius 2 is 1.80 bits per heavy atom. The van der Waals surface area contributed by atoms with Gasteiger partial charge >= 0.3 is 0 Å². The van der Waals surface area contributed by atoms with E-state index in [1.165, 1.54) is 19.3 Å². The van der Waals surface area contributed by atoms with E-state index in [-0.39, 0.29) is 0 Å². The van der Waals surface area contributed by atoms with Gasteiger partial charge in [0.25, 0.3) is 0 Å². The van der Waals surface area contributed by atoms with Crippen molar-refractivity contribution in [2.24, 2.45) is 5.92 Å². The molecule has 0 saturated heterocycles. The van der Waals surface area contributed by atoms with Crippen molar-refractivity contribution in [1.29, 1.82) is 0 Å². The molecule has 0 spiro atoms. The maximum absolute atomic E-state index is 9.88. The van der Waals surface area contributed by atoms with Crippen LogP contribution in [0.4, 0.5) is 0 Å². The average Bonchev–Trinajstić information content (AvgIpc) is 2.49. The molecule has 0 aliphatic carbocycles. The maximum atomic E-state index is 9.88. The average molecular weight is 272 g/mol. The van der Waals surface area contributed by atoms with E-state index in [9.17, 15) is 5.11 Å². The van der Waals surface area contributed by atoms with Crippen LogP contribution in [0.15, 0.2) is 36.4 Å². The summed E-state index contributed by atoms with van der Waals surface area (Å²) in [5.41, 5.74) is 0. The predicted molar refractivity (Wildman–Crippen MR) is 84.4 cm³/mol. The van der Waals surface area contributed by atoms with E-state index < -0.39 is 0 Å². The second-order valence-electron chi connectivity index (χ2n) is 5.36. The Bertz CT molecular complexity index is 548. The van der Waals surface area contributed by atoms with E-state index in [2.05, 4.69) is 13.8 Å². The van der Waals surface area contributed by atoms with E-state index >= 15 is 0 Å². The third-order valence-electron chi connectivity index (χ3n) is 3.88. The summed E-state index contributed by atoms with van der Waals surface area (Å²) in [6, 6.07) is 11.4. The first-order valence-electron chi connectivity index (χ1n) is 7.59. The Morgan fingerprint density at radius 1 is 1.05 bits per heavy atom. The first kappa shape index (κ1) is 14.7. The lowest BCUT2D eigenvalue weighted by molar-refractivity contribution is 0.235. The molecule has 20 heavy (non-hydrogen) atoms. The number of hydrogen-bond donors (Lipinski definition) is 1. The summed E-state index contributed by atoms with van der Waals surface area (Å²) in [4.78, 5) is 0. The van der Waals surface area contributed by atoms with Crippen molar-refractivity contribution in [3.63, 3.8) is 0 Å². The lowest BCUT2D eigenvalue weighted by Crippen LogP contribution is -2.11. The van der Waals surface area contributed by atoms with Crippen LogP contribution in [0.3, 0.4) is 0 Å². The Kier molecular flexibility index (Phi) is 5.28. The largest absolute Gasteiger partial charge is 0.507 e. The van der Waals surface area contributed by atoms with E-state index in [0.29, 0.717) is 11.7 Å². The number of ether oxygens (including phenoxy) is 1. The molecule has 2 aromatic carbocycles. The zero-order valence-corrected chi connectivity index (χ0v) is 12.4. The van der Waals surface area contributed by atoms with Crippen molar-refractivity contribution in [2.75, 3.05) is 6.61 Å². The minimum Gasteiger partial charge on any atom is -0.507 e. The number of phenols is 1. The van der Waals surface area contributed by atoms with Crippen LogP contribution in [0.25, 0.3) is 10.8 Å². The molecule has 0 radical (unpaired) electrons. The number of phenolic OH excluding ortho intramolecular Hbond substituents is 1. The summed E-state index contributed by atoms with van der Waals surface area (Å²) < 4.78 is 6.01. The van der Waals surface area contributed by atoms with Crippen molar-refractivity contribution in [3.05, 3.63) is 36.4 Å². The predicted octanol–water partition coefficient (Wildman–Crippen LogP) is 5.14. The summed E-state index contributed by atoms with van der Waals surface area (Å²) in [7, 11) is 0. The van der Waals surface area contributed by atoms with Gasteiger partial charge in [0, 0.05) is 10.8 Å². The molecule has 0 saturated carbocycles. The van der Waals surface area contributed by atoms with E-state index in [4.69, 9.17) is 4.74 Å². The van der Waals surface area contributed by atoms with Gasteiger partial charge in [0.2, 0.25) is 0 Å². The molecule has 1 atom stereocenters. The Labute approximate surface area is 121 Å². The third-order valence-corrected chi connectivity index (χ3v) is 3.88. The molecule has 1 N–H and O–H groups in total. The fourth-order valence-electron chi connectivity index (χ4n) is 2.49. The van der Waals surface area contributed by atoms with Crippen molar-refractivity contribution in [1.82, 2.24) is 0 Å². The van der Waals surface area contributed by atoms with Crippen LogP contribution in [0.2, 0.25) is 0 Å². The fraction of sp³-hybridized carbons (Fsp3) is 0.444. The van der Waals surface area contributed by atoms with Gasteiger partial charge in [0.15, 0.2) is 0 Å². The molecule has 108 valence electrons. The highest BCUT2D eigenvalue weighted by Crippen LogP contribution is 2.32. The molecule has 0 bridgehead atoms. The van der Waals surface area contributed by atoms with Crippen molar-refractivity contribution < 1.29 is 9.84 Å². The molecule has 0 amide bonds. The normalized spacial score (nSPS) is 12.5. The highest BCUT2D eigenvalue weighted by Gasteiger charge is 2.10. The van der Waals surface area contributed by atoms with Gasteiger partial charge < -0.3 is 9.84 Å². The molecule has 0 aromatic heterocycles. The molecular weight excluding hydrogens is 248 g/mol. The molecular formula is C18H24O2. The minimum atomic E-state index is 0.311. The molecule has 2 aromatic rings. The first-order chi connectivity index (χ1) is 9.76. The third kappa shape index (κ3) is 3.44. The second kappa shape index (κ2) is 7.18. The molecule has 0 aliphatic rings. The summed E-state index contributed by atoms with van der Waals surface area (Å²) in [6.07, 6.45) is 4.87. The SMILES string of the molecule is CCCCC(CC)COc1ccc(O)c2ccccc12. The Morgan fingerprint density at radius 3 is 2.50 bits per heavy atom. The Balaban J connectivity index is 2.11. The van der Waals surface area contributed by atoms with Gasteiger partial charge in [-0.15, -0.1) is 0 Å². The summed E-state index contributed by atoms with van der Waals surface area (Å²) in [5, 5.41) is 11.7. The van der Waals surface area contributed by atoms with Crippen molar-refractivity contribution in [3.8, 4) is 11.5 Å². The number of unbranched alkanes of at least 4 members (excludes halogenated alkanes) is 1. The topological polar surface area (TPSA) is 29.5 Å². The quantitative estimate of drug-likeness (QED) is 0.756. The van der Waals surface area contributed by atoms with Crippen molar-refractivity contribution >= 4 is 10.8 Å². The van der Waals surface area contributed by atoms with E-state index in [1.807, 2.05) is 30.3 Å². The smallest absolute Gasteiger partial charge is 0.127 e. The van der Waals surface area contributed by atoms with E-state index in [0.717, 1.165) is 29.5 Å². The molecule has 0 fully saturated rings. The molecule has 2 nitrogen and oxygen atoms in total. The molecule has 2 heteroatoms. The Hall–Kier alpha value is -1.70. The van der Waals surface area contributed by atoms with Gasteiger partial charge in [-0.25, -0.2) is 0 Å². The van der Waals surface area contributed by atoms with Crippen LogP contribution in [-0.2, 0) is 0 Å². The lowest BCUT2D eigenvalue weighted by Gasteiger charge is -2.17. The van der Waals surface area contributed by atoms with Gasteiger partial charge in [0.1, 0.15) is 11.5 Å². The number of rotatable bonds is 7. The van der Waals surface area contributed by atoms with Crippen LogP contribution in [0.5, 0.6) is 11.5 Å². The van der Waals surface area contributed by atoms with Crippen molar-refractivity contribution in [2.45, 2.75) is 39.5 Å². The van der Waals surface area contributed by atoms with Gasteiger partial charge in [-0.1, -0.05) is 57.4 Å². The summed E-state index contributed by atoms with van der Waals surface area (Å²) in [5.74, 6) is 1.79. The van der Waals surface area contributed by atoms with Gasteiger partial charge in [-0.05, 0) is 24.5 Å². The number of aromatic hydroxyl groups is 1. The summed E-state index contributed by atoms with van der Waals surface area (Å²) >= 11 is 0. The standard InChI is InChI=1S/C18H24O2/c1-3-5-8-14(4-2)13-20-18-12-11-17(19)15-9-6-7-10-16(15)18/h6-7,9-12,14,19H,3-5,8,13H2,1-2H3. The van der Waals surface area contributed by atoms with Crippen LogP contribution in [-0.4, -0.2) is 11.7 Å². The zero-order valence-electron chi connectivity index (χ0n) is 12.4. The lowest BCUT2D eigenvalue weighted by atomic mass is 10.0. The first-order valence-corrected chi connectivity index (χ1v) is 7.59. The molecule has 2 rings (SSSR count). The van der Waals surface area contributed by atoms with Crippen LogP contribution in [0.1, 0.15) is 39.5 Å². The highest BCUT2D eigenvalue weighted by molar-refractivity contribution is 5.92. The van der Waals surface area contributed by atoms with Gasteiger partial charge in [-0.2, -0.15) is 0 Å². The van der Waals surface area contributed by atoms with Crippen LogP contribution < -0.4 is 4.74 Å². The second-order valence-corrected chi connectivity index (χ2v) is 5.36. The molecule has 0 aliphatic heterocycles. The van der Waals surface area contributed by atoms with Gasteiger partial charge in [0.05, 0.1) is 6.61 Å². The molecule has 1 unspecified atom stereocenters. The minimum absolute atomic E-state index is 0.311. The number of fused-ring (bicyclic) bond motifs is 1. The number of benzene rings is 2.